The van der Waals surface area contributed by atoms with Crippen LogP contribution >= 0.6 is 11.3 Å². The van der Waals surface area contributed by atoms with E-state index in [1.165, 1.54) is 34.2 Å². The molecule has 0 fully saturated rings. The lowest BCUT2D eigenvalue weighted by Gasteiger charge is -2.17. The number of fused-ring (bicyclic) bond motifs is 1. The average molecular weight is 529 g/mol. The Labute approximate surface area is 219 Å². The maximum Gasteiger partial charge on any atom is 0.359 e. The van der Waals surface area contributed by atoms with Crippen molar-refractivity contribution < 1.29 is 4.39 Å². The molecule has 10 nitrogen and oxygen atoms in total. The quantitative estimate of drug-likeness (QED) is 0.340. The van der Waals surface area contributed by atoms with E-state index in [9.17, 15) is 19.2 Å². The molecule has 0 bridgehead atoms. The highest BCUT2D eigenvalue weighted by Crippen LogP contribution is 2.29. The topological polar surface area (TPSA) is 131 Å². The first kappa shape index (κ1) is 24.8. The number of aromatic nitrogens is 5. The molecular weight excluding hydrogens is 507 g/mol. The molecule has 12 heteroatoms. The van der Waals surface area contributed by atoms with Crippen LogP contribution in [0.1, 0.15) is 22.3 Å². The highest BCUT2D eigenvalue weighted by molar-refractivity contribution is 7.22. The van der Waals surface area contributed by atoms with Crippen molar-refractivity contribution in [1.29, 1.82) is 5.26 Å². The van der Waals surface area contributed by atoms with E-state index in [2.05, 4.69) is 25.6 Å². The van der Waals surface area contributed by atoms with Crippen molar-refractivity contribution in [2.75, 3.05) is 17.7 Å². The minimum absolute atomic E-state index is 0.00296. The fraction of sp³-hybridized carbons (Fsp3) is 0.154. The molecule has 0 saturated heterocycles. The molecule has 5 rings (SSSR count). The third kappa shape index (κ3) is 4.62. The molecule has 0 radical (unpaired) electrons. The van der Waals surface area contributed by atoms with Crippen molar-refractivity contribution in [3.8, 4) is 11.8 Å². The molecular formula is C26H21FN8O2S. The van der Waals surface area contributed by atoms with E-state index >= 15 is 0 Å². The summed E-state index contributed by atoms with van der Waals surface area (Å²) in [4.78, 5) is 39.6. The fourth-order valence-electron chi connectivity index (χ4n) is 4.00. The fourth-order valence-corrected chi connectivity index (χ4v) is 4.86. The van der Waals surface area contributed by atoms with E-state index in [-0.39, 0.29) is 23.7 Å². The minimum atomic E-state index is -0.786. The van der Waals surface area contributed by atoms with E-state index in [0.29, 0.717) is 16.8 Å². The van der Waals surface area contributed by atoms with Crippen molar-refractivity contribution >= 4 is 38.3 Å². The van der Waals surface area contributed by atoms with Gasteiger partial charge >= 0.3 is 11.4 Å². The maximum absolute atomic E-state index is 14.2. The molecule has 38 heavy (non-hydrogen) atoms. The molecule has 0 amide bonds. The summed E-state index contributed by atoms with van der Waals surface area (Å²) in [5, 5.41) is 16.2. The van der Waals surface area contributed by atoms with E-state index in [1.54, 1.807) is 39.2 Å². The predicted molar refractivity (Wildman–Crippen MR) is 144 cm³/mol. The summed E-state index contributed by atoms with van der Waals surface area (Å²) in [7, 11) is 1.79. The highest BCUT2D eigenvalue weighted by Gasteiger charge is 2.18. The number of thiazole rings is 1. The van der Waals surface area contributed by atoms with Gasteiger partial charge in [0.05, 0.1) is 34.2 Å². The van der Waals surface area contributed by atoms with Crippen LogP contribution < -0.4 is 22.0 Å². The highest BCUT2D eigenvalue weighted by atomic mass is 32.1. The zero-order valence-electron chi connectivity index (χ0n) is 20.6. The summed E-state index contributed by atoms with van der Waals surface area (Å²) < 4.78 is 17.3. The Kier molecular flexibility index (Phi) is 6.44. The number of aryl methyl sites for hydroxylation is 2. The number of nitrogens with one attached hydrogen (secondary N) is 2. The average Bonchev–Trinajstić information content (AvgIpc) is 3.30. The molecule has 0 aliphatic rings. The molecule has 190 valence electrons. The largest absolute Gasteiger partial charge is 0.365 e. The first-order chi connectivity index (χ1) is 18.3. The molecule has 0 aliphatic carbocycles. The Balaban J connectivity index is 1.67. The molecule has 0 saturated carbocycles. The van der Waals surface area contributed by atoms with Crippen LogP contribution in [0.2, 0.25) is 0 Å². The number of nitriles is 1. The molecule has 0 spiro atoms. The second-order valence-electron chi connectivity index (χ2n) is 8.59. The summed E-state index contributed by atoms with van der Waals surface area (Å²) in [5.41, 5.74) is 1.88. The second-order valence-corrected chi connectivity index (χ2v) is 9.62. The van der Waals surface area contributed by atoms with Gasteiger partial charge in [-0.05, 0) is 66.9 Å². The van der Waals surface area contributed by atoms with Gasteiger partial charge in [0.2, 0.25) is 5.95 Å². The van der Waals surface area contributed by atoms with Gasteiger partial charge in [0.25, 0.3) is 0 Å². The molecule has 5 aromatic rings. The predicted octanol–water partition coefficient (Wildman–Crippen LogP) is 3.86. The standard InChI is InChI=1S/C26H21FN8O2S/c1-14-6-19(12-30-11-14)35-25(36)33-23(31-18-4-5-21-22(9-18)38-24(29-3)32-21)34(26(35)37)13-17-8-16(10-28)20(27)7-15(17)2/h4-9,11-12H,13H2,1-3H3,(H,29,32)(H,31,33,36). The third-order valence-electron chi connectivity index (χ3n) is 5.92. The van der Waals surface area contributed by atoms with Gasteiger partial charge in [-0.1, -0.05) is 11.3 Å². The SMILES string of the molecule is CNc1nc2ccc(Nc3nc(=O)n(-c4cncc(C)c4)c(=O)n3Cc3cc(C#N)c(F)cc3C)cc2s1. The lowest BCUT2D eigenvalue weighted by atomic mass is 10.0. The monoisotopic (exact) mass is 528 g/mol. The molecule has 0 atom stereocenters. The van der Waals surface area contributed by atoms with Gasteiger partial charge < -0.3 is 10.6 Å². The van der Waals surface area contributed by atoms with Crippen LogP contribution in [0.25, 0.3) is 15.9 Å². The molecule has 3 heterocycles. The van der Waals surface area contributed by atoms with Gasteiger partial charge in [0.1, 0.15) is 11.9 Å². The summed E-state index contributed by atoms with van der Waals surface area (Å²) in [6, 6.07) is 11.6. The summed E-state index contributed by atoms with van der Waals surface area (Å²) >= 11 is 1.45. The van der Waals surface area contributed by atoms with Crippen LogP contribution in [0.4, 0.5) is 21.2 Å². The first-order valence-corrected chi connectivity index (χ1v) is 12.3. The van der Waals surface area contributed by atoms with Gasteiger partial charge in [-0.3, -0.25) is 9.55 Å². The number of benzene rings is 2. The number of pyridine rings is 1. The van der Waals surface area contributed by atoms with E-state index in [0.717, 1.165) is 25.5 Å². The van der Waals surface area contributed by atoms with Gasteiger partial charge in [0.15, 0.2) is 5.13 Å². The van der Waals surface area contributed by atoms with Crippen LogP contribution in [0.15, 0.2) is 58.4 Å². The van der Waals surface area contributed by atoms with Crippen LogP contribution in [0.5, 0.6) is 0 Å². The lowest BCUT2D eigenvalue weighted by molar-refractivity contribution is 0.617. The molecule has 2 aromatic carbocycles. The van der Waals surface area contributed by atoms with Gasteiger partial charge in [0, 0.05) is 18.9 Å². The van der Waals surface area contributed by atoms with Crippen LogP contribution in [0.3, 0.4) is 0 Å². The van der Waals surface area contributed by atoms with E-state index < -0.39 is 17.2 Å². The van der Waals surface area contributed by atoms with Crippen LogP contribution in [-0.2, 0) is 6.54 Å². The molecule has 0 aliphatic heterocycles. The maximum atomic E-state index is 14.2. The Morgan fingerprint density at radius 3 is 2.66 bits per heavy atom. The number of hydrogen-bond acceptors (Lipinski definition) is 9. The number of nitrogens with zero attached hydrogens (tertiary/aromatic N) is 6. The van der Waals surface area contributed by atoms with Crippen molar-refractivity contribution in [2.24, 2.45) is 0 Å². The van der Waals surface area contributed by atoms with Gasteiger partial charge in [-0.2, -0.15) is 10.2 Å². The molecule has 0 unspecified atom stereocenters. The van der Waals surface area contributed by atoms with Crippen LogP contribution in [0, 0.1) is 31.0 Å². The van der Waals surface area contributed by atoms with Crippen molar-refractivity contribution in [1.82, 2.24) is 24.1 Å². The Morgan fingerprint density at radius 2 is 1.92 bits per heavy atom. The number of rotatable bonds is 6. The zero-order chi connectivity index (χ0) is 27.0. The van der Waals surface area contributed by atoms with E-state index in [1.807, 2.05) is 18.2 Å². The number of anilines is 3. The Morgan fingerprint density at radius 1 is 1.11 bits per heavy atom. The normalized spacial score (nSPS) is 10.9. The summed E-state index contributed by atoms with van der Waals surface area (Å²) in [6.45, 7) is 3.41. The van der Waals surface area contributed by atoms with Gasteiger partial charge in [-0.15, -0.1) is 0 Å². The Hall–Kier alpha value is -4.89. The van der Waals surface area contributed by atoms with Gasteiger partial charge in [-0.25, -0.2) is 23.5 Å². The lowest BCUT2D eigenvalue weighted by Crippen LogP contribution is -2.42. The minimum Gasteiger partial charge on any atom is -0.365 e. The summed E-state index contributed by atoms with van der Waals surface area (Å²) in [6.07, 6.45) is 3.01. The first-order valence-electron chi connectivity index (χ1n) is 11.5. The Bertz CT molecular complexity index is 1870. The second kappa shape index (κ2) is 9.87. The summed E-state index contributed by atoms with van der Waals surface area (Å²) in [5.74, 6) is -0.649. The smallest absolute Gasteiger partial charge is 0.359 e. The third-order valence-corrected chi connectivity index (χ3v) is 6.96. The van der Waals surface area contributed by atoms with Crippen molar-refractivity contribution in [3.05, 3.63) is 97.8 Å². The van der Waals surface area contributed by atoms with Crippen molar-refractivity contribution in [3.63, 3.8) is 0 Å². The molecule has 3 aromatic heterocycles. The van der Waals surface area contributed by atoms with E-state index in [4.69, 9.17) is 0 Å². The van der Waals surface area contributed by atoms with Crippen molar-refractivity contribution in [2.45, 2.75) is 20.4 Å². The molecule has 2 N–H and O–H groups in total. The number of hydrogen-bond donors (Lipinski definition) is 2. The zero-order valence-corrected chi connectivity index (χ0v) is 21.4. The van der Waals surface area contributed by atoms with Crippen LogP contribution in [-0.4, -0.2) is 31.1 Å². The number of halogens is 1.